The van der Waals surface area contributed by atoms with Gasteiger partial charge >= 0.3 is 0 Å². The van der Waals surface area contributed by atoms with Gasteiger partial charge in [-0.15, -0.1) is 0 Å². The molecular weight excluding hydrogens is 284 g/mol. The monoisotopic (exact) mass is 306 g/mol. The second-order valence-corrected chi connectivity index (χ2v) is 6.07. The zero-order valence-corrected chi connectivity index (χ0v) is 13.3. The van der Waals surface area contributed by atoms with Gasteiger partial charge in [0.1, 0.15) is 0 Å². The average Bonchev–Trinajstić information content (AvgIpc) is 2.62. The summed E-state index contributed by atoms with van der Waals surface area (Å²) >= 11 is 0. The van der Waals surface area contributed by atoms with Gasteiger partial charge in [0.2, 0.25) is 5.91 Å². The molecule has 0 saturated carbocycles. The number of pyridine rings is 1. The highest BCUT2D eigenvalue weighted by molar-refractivity contribution is 5.91. The van der Waals surface area contributed by atoms with Crippen molar-refractivity contribution < 1.29 is 4.79 Å². The molecule has 3 nitrogen and oxygen atoms in total. The molecule has 2 heterocycles. The van der Waals surface area contributed by atoms with E-state index < -0.39 is 0 Å². The number of carbonyl (C=O) groups excluding carboxylic acids is 1. The molecule has 118 valence electrons. The zero-order valence-electron chi connectivity index (χ0n) is 13.3. The van der Waals surface area contributed by atoms with Gasteiger partial charge in [-0.1, -0.05) is 30.3 Å². The number of hydrogen-bond donors (Lipinski definition) is 0. The van der Waals surface area contributed by atoms with Crippen LogP contribution in [0.2, 0.25) is 0 Å². The van der Waals surface area contributed by atoms with Crippen LogP contribution >= 0.6 is 0 Å². The van der Waals surface area contributed by atoms with Crippen LogP contribution in [0, 0.1) is 5.92 Å². The molecule has 1 saturated heterocycles. The minimum Gasteiger partial charge on any atom is -0.339 e. The van der Waals surface area contributed by atoms with Crippen molar-refractivity contribution in [3.8, 4) is 0 Å². The second-order valence-electron chi connectivity index (χ2n) is 6.07. The van der Waals surface area contributed by atoms with E-state index >= 15 is 0 Å². The number of benzene rings is 1. The first kappa shape index (κ1) is 15.5. The Bertz CT molecular complexity index is 644. The summed E-state index contributed by atoms with van der Waals surface area (Å²) in [5.74, 6) is 0.797. The van der Waals surface area contributed by atoms with Gasteiger partial charge < -0.3 is 4.90 Å². The maximum atomic E-state index is 12.3. The average molecular weight is 306 g/mol. The Kier molecular flexibility index (Phi) is 5.20. The number of likely N-dealkylation sites (tertiary alicyclic amines) is 1. The molecule has 0 unspecified atom stereocenters. The van der Waals surface area contributed by atoms with Crippen molar-refractivity contribution in [1.82, 2.24) is 9.88 Å². The number of aromatic nitrogens is 1. The van der Waals surface area contributed by atoms with Crippen molar-refractivity contribution >= 4 is 12.0 Å². The fourth-order valence-corrected chi connectivity index (χ4v) is 3.05. The highest BCUT2D eigenvalue weighted by atomic mass is 16.2. The fourth-order valence-electron chi connectivity index (χ4n) is 3.05. The summed E-state index contributed by atoms with van der Waals surface area (Å²) in [4.78, 5) is 18.2. The zero-order chi connectivity index (χ0) is 15.9. The van der Waals surface area contributed by atoms with Gasteiger partial charge in [-0.2, -0.15) is 0 Å². The third-order valence-corrected chi connectivity index (χ3v) is 4.42. The molecule has 2 aromatic rings. The molecule has 1 aromatic heterocycles. The van der Waals surface area contributed by atoms with Crippen molar-refractivity contribution in [2.45, 2.75) is 19.3 Å². The molecule has 1 aliphatic heterocycles. The Hall–Kier alpha value is -2.42. The predicted octanol–water partition coefficient (Wildman–Crippen LogP) is 3.58. The van der Waals surface area contributed by atoms with E-state index in [4.69, 9.17) is 0 Å². The predicted molar refractivity (Wildman–Crippen MR) is 92.7 cm³/mol. The Morgan fingerprint density at radius 3 is 2.48 bits per heavy atom. The van der Waals surface area contributed by atoms with Gasteiger partial charge in [0, 0.05) is 31.6 Å². The molecule has 3 heteroatoms. The number of amides is 1. The summed E-state index contributed by atoms with van der Waals surface area (Å²) in [6, 6.07) is 14.4. The normalized spacial score (nSPS) is 15.9. The largest absolute Gasteiger partial charge is 0.339 e. The van der Waals surface area contributed by atoms with Gasteiger partial charge in [-0.05, 0) is 54.5 Å². The Morgan fingerprint density at radius 2 is 1.78 bits per heavy atom. The summed E-state index contributed by atoms with van der Waals surface area (Å²) in [5, 5.41) is 0. The van der Waals surface area contributed by atoms with E-state index in [0.717, 1.165) is 37.9 Å². The van der Waals surface area contributed by atoms with E-state index in [2.05, 4.69) is 35.3 Å². The smallest absolute Gasteiger partial charge is 0.246 e. The van der Waals surface area contributed by atoms with Gasteiger partial charge in [-0.25, -0.2) is 0 Å². The van der Waals surface area contributed by atoms with Crippen LogP contribution in [0.5, 0.6) is 0 Å². The lowest BCUT2D eigenvalue weighted by molar-refractivity contribution is -0.127. The quantitative estimate of drug-likeness (QED) is 0.809. The van der Waals surface area contributed by atoms with Crippen molar-refractivity contribution in [3.63, 3.8) is 0 Å². The summed E-state index contributed by atoms with van der Waals surface area (Å²) in [6.45, 7) is 1.72. The molecule has 1 aliphatic rings. The number of nitrogens with zero attached hydrogens (tertiary/aromatic N) is 2. The lowest BCUT2D eigenvalue weighted by Gasteiger charge is -2.31. The molecule has 0 N–H and O–H groups in total. The molecule has 0 spiro atoms. The van der Waals surface area contributed by atoms with E-state index in [1.54, 1.807) is 18.5 Å². The van der Waals surface area contributed by atoms with Gasteiger partial charge in [0.05, 0.1) is 0 Å². The SMILES string of the molecule is O=C(/C=C/c1ccncc1)N1CCC(Cc2ccccc2)CC1. The van der Waals surface area contributed by atoms with E-state index in [0.29, 0.717) is 5.92 Å². The minimum atomic E-state index is 0.111. The first-order valence-corrected chi connectivity index (χ1v) is 8.22. The van der Waals surface area contributed by atoms with Crippen molar-refractivity contribution in [2.24, 2.45) is 5.92 Å². The van der Waals surface area contributed by atoms with Crippen molar-refractivity contribution in [2.75, 3.05) is 13.1 Å². The van der Waals surface area contributed by atoms with Gasteiger partial charge in [0.25, 0.3) is 0 Å². The second kappa shape index (κ2) is 7.73. The van der Waals surface area contributed by atoms with Gasteiger partial charge in [-0.3, -0.25) is 9.78 Å². The molecule has 23 heavy (non-hydrogen) atoms. The van der Waals surface area contributed by atoms with Crippen molar-refractivity contribution in [1.29, 1.82) is 0 Å². The Morgan fingerprint density at radius 1 is 1.09 bits per heavy atom. The number of piperidine rings is 1. The Balaban J connectivity index is 1.48. The highest BCUT2D eigenvalue weighted by Crippen LogP contribution is 2.21. The maximum Gasteiger partial charge on any atom is 0.246 e. The third kappa shape index (κ3) is 4.52. The molecule has 1 fully saturated rings. The molecular formula is C20H22N2O. The van der Waals surface area contributed by atoms with Crippen LogP contribution in [-0.4, -0.2) is 28.9 Å². The third-order valence-electron chi connectivity index (χ3n) is 4.42. The van der Waals surface area contributed by atoms with Crippen LogP contribution in [0.1, 0.15) is 24.0 Å². The molecule has 1 aromatic carbocycles. The molecule has 3 rings (SSSR count). The number of rotatable bonds is 4. The van der Waals surface area contributed by atoms with E-state index in [1.165, 1.54) is 5.56 Å². The lowest BCUT2D eigenvalue weighted by Crippen LogP contribution is -2.37. The molecule has 0 bridgehead atoms. The first-order valence-electron chi connectivity index (χ1n) is 8.22. The standard InChI is InChI=1S/C20H22N2O/c23-20(7-6-17-8-12-21-13-9-17)22-14-10-19(11-15-22)16-18-4-2-1-3-5-18/h1-9,12-13,19H,10-11,14-16H2/b7-6+. The van der Waals surface area contributed by atoms with Crippen LogP contribution in [0.3, 0.4) is 0 Å². The molecule has 0 aliphatic carbocycles. The molecule has 0 atom stereocenters. The van der Waals surface area contributed by atoms with Crippen LogP contribution < -0.4 is 0 Å². The van der Waals surface area contributed by atoms with Crippen LogP contribution in [0.4, 0.5) is 0 Å². The van der Waals surface area contributed by atoms with E-state index in [9.17, 15) is 4.79 Å². The fraction of sp³-hybridized carbons (Fsp3) is 0.300. The van der Waals surface area contributed by atoms with Crippen LogP contribution in [0.25, 0.3) is 6.08 Å². The summed E-state index contributed by atoms with van der Waals surface area (Å²) in [7, 11) is 0. The summed E-state index contributed by atoms with van der Waals surface area (Å²) < 4.78 is 0. The first-order chi connectivity index (χ1) is 11.3. The van der Waals surface area contributed by atoms with Gasteiger partial charge in [0.15, 0.2) is 0 Å². The molecule has 1 amide bonds. The minimum absolute atomic E-state index is 0.111. The lowest BCUT2D eigenvalue weighted by atomic mass is 9.90. The van der Waals surface area contributed by atoms with E-state index in [1.807, 2.05) is 23.1 Å². The molecule has 0 radical (unpaired) electrons. The summed E-state index contributed by atoms with van der Waals surface area (Å²) in [5.41, 5.74) is 2.40. The highest BCUT2D eigenvalue weighted by Gasteiger charge is 2.21. The summed E-state index contributed by atoms with van der Waals surface area (Å²) in [6.07, 6.45) is 10.3. The van der Waals surface area contributed by atoms with Crippen LogP contribution in [-0.2, 0) is 11.2 Å². The maximum absolute atomic E-state index is 12.3. The van der Waals surface area contributed by atoms with Crippen molar-refractivity contribution in [3.05, 3.63) is 72.1 Å². The topological polar surface area (TPSA) is 33.2 Å². The van der Waals surface area contributed by atoms with E-state index in [-0.39, 0.29) is 5.91 Å². The Labute approximate surface area is 137 Å². The van der Waals surface area contributed by atoms with Crippen LogP contribution in [0.15, 0.2) is 60.9 Å². The number of hydrogen-bond acceptors (Lipinski definition) is 2. The number of carbonyl (C=O) groups is 1.